The molecule has 1 unspecified atom stereocenters. The number of benzene rings is 2. The Bertz CT molecular complexity index is 1090. The number of anilines is 2. The van der Waals surface area contributed by atoms with Gasteiger partial charge in [0.25, 0.3) is 5.91 Å². The van der Waals surface area contributed by atoms with Gasteiger partial charge in [-0.05, 0) is 61.7 Å². The number of carbonyl (C=O) groups excluding carboxylic acids is 4. The minimum Gasteiger partial charge on any atom is -0.465 e. The first-order valence-electron chi connectivity index (χ1n) is 11.6. The lowest BCUT2D eigenvalue weighted by Gasteiger charge is -2.33. The molecule has 1 saturated heterocycles. The maximum Gasteiger partial charge on any atom is 0.337 e. The summed E-state index contributed by atoms with van der Waals surface area (Å²) in [6.45, 7) is 1.91. The molecular formula is C26H29N3O5. The normalized spacial score (nSPS) is 18.8. The summed E-state index contributed by atoms with van der Waals surface area (Å²) in [5.74, 6) is -1.21. The van der Waals surface area contributed by atoms with Crippen LogP contribution in [-0.2, 0) is 14.3 Å². The molecule has 1 N–H and O–H groups in total. The van der Waals surface area contributed by atoms with Crippen molar-refractivity contribution in [2.24, 2.45) is 0 Å². The van der Waals surface area contributed by atoms with Gasteiger partial charge >= 0.3 is 12.0 Å². The highest BCUT2D eigenvalue weighted by Gasteiger charge is 2.49. The first-order valence-corrected chi connectivity index (χ1v) is 11.6. The Labute approximate surface area is 198 Å². The van der Waals surface area contributed by atoms with Crippen molar-refractivity contribution in [2.45, 2.75) is 57.5 Å². The molecule has 178 valence electrons. The summed E-state index contributed by atoms with van der Waals surface area (Å²) >= 11 is 0. The Balaban J connectivity index is 1.54. The number of ether oxygens (including phenoxy) is 1. The Kier molecular flexibility index (Phi) is 6.95. The van der Waals surface area contributed by atoms with E-state index < -0.39 is 12.0 Å². The first-order chi connectivity index (χ1) is 16.4. The van der Waals surface area contributed by atoms with Crippen LogP contribution in [0.5, 0.6) is 0 Å². The van der Waals surface area contributed by atoms with Crippen molar-refractivity contribution in [2.75, 3.05) is 17.3 Å². The molecule has 2 aliphatic rings. The maximum atomic E-state index is 13.5. The summed E-state index contributed by atoms with van der Waals surface area (Å²) in [4.78, 5) is 54.3. The van der Waals surface area contributed by atoms with Crippen LogP contribution >= 0.6 is 0 Å². The third kappa shape index (κ3) is 4.81. The second kappa shape index (κ2) is 10.1. The number of methoxy groups -OCH3 is 1. The Hall–Kier alpha value is -3.68. The number of hydrogen-bond acceptors (Lipinski definition) is 5. The van der Waals surface area contributed by atoms with Crippen LogP contribution in [0.1, 0.15) is 54.4 Å². The SMILES string of the molecule is COC(=O)c1ccc(NC(=O)CC2C(=O)N(c3cccc(C)c3)C(=O)N2C2CCCCC2)cc1. The standard InChI is InChI=1S/C26H29N3O5/c1-17-7-6-10-21(15-17)29-24(31)22(28(26(29)33)20-8-4-3-5-9-20)16-23(30)27-19-13-11-18(12-14-19)25(32)34-2/h6-7,10-15,20,22H,3-5,8-9,16H2,1-2H3,(H,27,30). The van der Waals surface area contributed by atoms with E-state index in [2.05, 4.69) is 10.1 Å². The van der Waals surface area contributed by atoms with Crippen LogP contribution < -0.4 is 10.2 Å². The van der Waals surface area contributed by atoms with Crippen LogP contribution in [0.3, 0.4) is 0 Å². The van der Waals surface area contributed by atoms with E-state index in [0.29, 0.717) is 16.9 Å². The van der Waals surface area contributed by atoms with Gasteiger partial charge in [0.2, 0.25) is 5.91 Å². The zero-order chi connectivity index (χ0) is 24.2. The van der Waals surface area contributed by atoms with E-state index in [4.69, 9.17) is 0 Å². The van der Waals surface area contributed by atoms with Crippen molar-refractivity contribution in [3.05, 3.63) is 59.7 Å². The monoisotopic (exact) mass is 463 g/mol. The second-order valence-corrected chi connectivity index (χ2v) is 8.83. The molecule has 1 heterocycles. The lowest BCUT2D eigenvalue weighted by Crippen LogP contribution is -2.45. The fourth-order valence-electron chi connectivity index (χ4n) is 4.77. The molecule has 1 saturated carbocycles. The third-order valence-corrected chi connectivity index (χ3v) is 6.45. The van der Waals surface area contributed by atoms with Crippen molar-refractivity contribution in [3.8, 4) is 0 Å². The molecule has 4 rings (SSSR count). The number of urea groups is 1. The van der Waals surface area contributed by atoms with Crippen LogP contribution in [-0.4, -0.2) is 47.9 Å². The number of imide groups is 1. The molecule has 1 aliphatic heterocycles. The topological polar surface area (TPSA) is 96.0 Å². The summed E-state index contributed by atoms with van der Waals surface area (Å²) in [6, 6.07) is 12.3. The highest BCUT2D eigenvalue weighted by atomic mass is 16.5. The van der Waals surface area contributed by atoms with Gasteiger partial charge in [-0.25, -0.2) is 14.5 Å². The lowest BCUT2D eigenvalue weighted by molar-refractivity contribution is -0.125. The number of aryl methyl sites for hydroxylation is 1. The Morgan fingerprint density at radius 1 is 1.03 bits per heavy atom. The zero-order valence-corrected chi connectivity index (χ0v) is 19.5. The fourth-order valence-corrected chi connectivity index (χ4v) is 4.77. The number of amides is 4. The van der Waals surface area contributed by atoms with Gasteiger partial charge in [-0.1, -0.05) is 31.4 Å². The van der Waals surface area contributed by atoms with E-state index in [1.54, 1.807) is 41.3 Å². The molecule has 1 atom stereocenters. The predicted molar refractivity (Wildman–Crippen MR) is 128 cm³/mol. The molecule has 8 nitrogen and oxygen atoms in total. The number of hydrogen-bond donors (Lipinski definition) is 1. The smallest absolute Gasteiger partial charge is 0.337 e. The molecule has 0 aromatic heterocycles. The summed E-state index contributed by atoms with van der Waals surface area (Å²) in [7, 11) is 1.30. The molecule has 2 fully saturated rings. The number of nitrogens with zero attached hydrogens (tertiary/aromatic N) is 2. The fraction of sp³-hybridized carbons (Fsp3) is 0.385. The lowest BCUT2D eigenvalue weighted by atomic mass is 9.93. The minimum atomic E-state index is -0.856. The zero-order valence-electron chi connectivity index (χ0n) is 19.5. The largest absolute Gasteiger partial charge is 0.465 e. The number of nitrogens with one attached hydrogen (secondary N) is 1. The molecule has 2 aromatic carbocycles. The van der Waals surface area contributed by atoms with E-state index in [-0.39, 0.29) is 30.3 Å². The molecule has 0 bridgehead atoms. The third-order valence-electron chi connectivity index (χ3n) is 6.45. The first kappa shape index (κ1) is 23.5. The summed E-state index contributed by atoms with van der Waals surface area (Å²) < 4.78 is 4.69. The number of rotatable bonds is 6. The van der Waals surface area contributed by atoms with Crippen LogP contribution in [0.25, 0.3) is 0 Å². The maximum absolute atomic E-state index is 13.5. The van der Waals surface area contributed by atoms with E-state index >= 15 is 0 Å². The van der Waals surface area contributed by atoms with Gasteiger partial charge in [0.1, 0.15) is 6.04 Å². The Morgan fingerprint density at radius 3 is 2.38 bits per heavy atom. The second-order valence-electron chi connectivity index (χ2n) is 8.83. The molecule has 8 heteroatoms. The van der Waals surface area contributed by atoms with Gasteiger partial charge in [0.05, 0.1) is 24.8 Å². The average Bonchev–Trinajstić information content (AvgIpc) is 3.08. The van der Waals surface area contributed by atoms with E-state index in [1.165, 1.54) is 12.0 Å². The van der Waals surface area contributed by atoms with E-state index in [1.807, 2.05) is 19.1 Å². The van der Waals surface area contributed by atoms with Gasteiger partial charge in [-0.3, -0.25) is 9.59 Å². The van der Waals surface area contributed by atoms with Crippen LogP contribution in [0, 0.1) is 6.92 Å². The van der Waals surface area contributed by atoms with Gasteiger partial charge in [-0.2, -0.15) is 0 Å². The Morgan fingerprint density at radius 2 is 1.74 bits per heavy atom. The molecule has 1 aliphatic carbocycles. The molecule has 0 spiro atoms. The van der Waals surface area contributed by atoms with Crippen molar-refractivity contribution >= 4 is 35.2 Å². The van der Waals surface area contributed by atoms with Gasteiger partial charge in [-0.15, -0.1) is 0 Å². The quantitative estimate of drug-likeness (QED) is 0.510. The van der Waals surface area contributed by atoms with Crippen molar-refractivity contribution in [3.63, 3.8) is 0 Å². The molecule has 4 amide bonds. The molecular weight excluding hydrogens is 434 g/mol. The summed E-state index contributed by atoms with van der Waals surface area (Å²) in [6.07, 6.45) is 4.63. The van der Waals surface area contributed by atoms with Gasteiger partial charge < -0.3 is 15.0 Å². The minimum absolute atomic E-state index is 0.0582. The predicted octanol–water partition coefficient (Wildman–Crippen LogP) is 4.28. The van der Waals surface area contributed by atoms with Crippen molar-refractivity contribution in [1.82, 2.24) is 4.90 Å². The molecule has 34 heavy (non-hydrogen) atoms. The van der Waals surface area contributed by atoms with Crippen LogP contribution in [0.4, 0.5) is 16.2 Å². The van der Waals surface area contributed by atoms with Crippen LogP contribution in [0.15, 0.2) is 48.5 Å². The van der Waals surface area contributed by atoms with Gasteiger partial charge in [0.15, 0.2) is 0 Å². The summed E-state index contributed by atoms with van der Waals surface area (Å²) in [5.41, 5.74) is 2.33. The highest BCUT2D eigenvalue weighted by Crippen LogP contribution is 2.33. The summed E-state index contributed by atoms with van der Waals surface area (Å²) in [5, 5.41) is 2.78. The highest BCUT2D eigenvalue weighted by molar-refractivity contribution is 6.22. The molecule has 2 aromatic rings. The van der Waals surface area contributed by atoms with E-state index in [9.17, 15) is 19.2 Å². The van der Waals surface area contributed by atoms with Gasteiger partial charge in [0, 0.05) is 11.7 Å². The number of carbonyl (C=O) groups is 4. The van der Waals surface area contributed by atoms with Crippen LogP contribution in [0.2, 0.25) is 0 Å². The molecule has 0 radical (unpaired) electrons. The van der Waals surface area contributed by atoms with Crippen molar-refractivity contribution in [1.29, 1.82) is 0 Å². The van der Waals surface area contributed by atoms with Crippen molar-refractivity contribution < 1.29 is 23.9 Å². The van der Waals surface area contributed by atoms with E-state index in [0.717, 1.165) is 37.7 Å². The number of esters is 1. The average molecular weight is 464 g/mol.